The number of aromatic nitrogens is 3. The second-order valence-electron chi connectivity index (χ2n) is 7.61. The highest BCUT2D eigenvalue weighted by Crippen LogP contribution is 2.61. The van der Waals surface area contributed by atoms with E-state index in [1.807, 2.05) is 6.26 Å². The van der Waals surface area contributed by atoms with E-state index in [1.54, 1.807) is 17.7 Å². The second kappa shape index (κ2) is 13.3. The highest BCUT2D eigenvalue weighted by molar-refractivity contribution is 8.76. The lowest BCUT2D eigenvalue weighted by atomic mass is 10.2. The fourth-order valence-electron chi connectivity index (χ4n) is 3.59. The van der Waals surface area contributed by atoms with E-state index in [4.69, 9.17) is 25.8 Å². The van der Waals surface area contributed by atoms with E-state index in [-0.39, 0.29) is 24.2 Å². The molecule has 1 aliphatic rings. The van der Waals surface area contributed by atoms with Crippen LogP contribution in [0.5, 0.6) is 0 Å². The van der Waals surface area contributed by atoms with Gasteiger partial charge < -0.3 is 49.6 Å². The summed E-state index contributed by atoms with van der Waals surface area (Å²) in [5, 5.41) is 0.453. The molecule has 0 bridgehead atoms. The van der Waals surface area contributed by atoms with Crippen molar-refractivity contribution in [1.82, 2.24) is 14.5 Å². The van der Waals surface area contributed by atoms with Crippen molar-refractivity contribution in [3.05, 3.63) is 18.1 Å². The van der Waals surface area contributed by atoms with Crippen molar-refractivity contribution < 1.29 is 55.9 Å². The minimum Gasteiger partial charge on any atom is -0.756 e. The first-order valence-corrected chi connectivity index (χ1v) is 17.7. The van der Waals surface area contributed by atoms with Crippen LogP contribution in [0.4, 0.5) is 5.82 Å². The van der Waals surface area contributed by atoms with Crippen LogP contribution in [0.1, 0.15) is 25.1 Å². The average molecular weight is 646 g/mol. The number of nitrogens with two attached hydrogens (primary N) is 2. The summed E-state index contributed by atoms with van der Waals surface area (Å²) in [6, 6.07) is 0. The van der Waals surface area contributed by atoms with Gasteiger partial charge in [0.2, 0.25) is 0 Å². The summed E-state index contributed by atoms with van der Waals surface area (Å²) >= 11 is 0. The Hall–Kier alpha value is -1.03. The lowest BCUT2D eigenvalue weighted by molar-refractivity contribution is -0.250. The standard InChI is InChI=1S/C17H26N5O12P3S2/c1-10(39-38-2)31-12-6-14(22-7-11(4-3-5-18)15-16(19)20-9-21-17(15)22)32-13(12)8-30-36(26,27)34-37(28,29)33-35(23,24)25/h7,9-10,12-14H,5-6,8,18H2,1-2H3,(H,26,27)(H,28,29)(H2,19,20,21)(H2,23,24,25)/p-3/t10-,12+,13+,14+/m0/s1. The van der Waals surface area contributed by atoms with Crippen molar-refractivity contribution in [2.75, 3.05) is 25.1 Å². The minimum atomic E-state index is -6.05. The monoisotopic (exact) mass is 646 g/mol. The van der Waals surface area contributed by atoms with Crippen LogP contribution in [0.25, 0.3) is 11.0 Å². The van der Waals surface area contributed by atoms with E-state index in [9.17, 15) is 28.4 Å². The molecule has 0 amide bonds. The van der Waals surface area contributed by atoms with Gasteiger partial charge in [0.15, 0.2) is 0 Å². The molecule has 1 aliphatic heterocycles. The molecule has 0 aromatic carbocycles. The Balaban J connectivity index is 1.85. The minimum absolute atomic E-state index is 0.0871. The Bertz CT molecular complexity index is 1380. The van der Waals surface area contributed by atoms with Crippen LogP contribution in [0, 0.1) is 11.8 Å². The number of rotatable bonds is 12. The summed E-state index contributed by atoms with van der Waals surface area (Å²) in [6.45, 7) is 1.06. The molecule has 7 atom stereocenters. The smallest absolute Gasteiger partial charge is 0.280 e. The number of nitrogen functional groups attached to an aromatic ring is 1. The number of phosphoric acid groups is 3. The molecular weight excluding hydrogens is 623 g/mol. The van der Waals surface area contributed by atoms with E-state index in [0.29, 0.717) is 16.6 Å². The van der Waals surface area contributed by atoms with Gasteiger partial charge in [0.25, 0.3) is 23.5 Å². The van der Waals surface area contributed by atoms with E-state index in [0.717, 1.165) is 0 Å². The molecule has 218 valence electrons. The number of ether oxygens (including phenoxy) is 2. The van der Waals surface area contributed by atoms with Crippen molar-refractivity contribution >= 4 is 61.9 Å². The summed E-state index contributed by atoms with van der Waals surface area (Å²) < 4.78 is 59.4. The largest absolute Gasteiger partial charge is 0.756 e. The van der Waals surface area contributed by atoms with Crippen LogP contribution < -0.4 is 26.1 Å². The third-order valence-electron chi connectivity index (χ3n) is 4.85. The van der Waals surface area contributed by atoms with Crippen molar-refractivity contribution in [3.63, 3.8) is 0 Å². The van der Waals surface area contributed by atoms with Gasteiger partial charge in [-0.15, -0.1) is 0 Å². The number of nitrogens with zero attached hydrogens (tertiary/aromatic N) is 3. The quantitative estimate of drug-likeness (QED) is 0.117. The van der Waals surface area contributed by atoms with Crippen LogP contribution in [-0.2, 0) is 36.3 Å². The van der Waals surface area contributed by atoms with Crippen LogP contribution >= 0.6 is 45.1 Å². The molecule has 3 rings (SSSR count). The van der Waals surface area contributed by atoms with Gasteiger partial charge in [-0.2, -0.15) is 0 Å². The third kappa shape index (κ3) is 9.23. The number of hydrogen-bond acceptors (Lipinski definition) is 17. The maximum absolute atomic E-state index is 12.1. The van der Waals surface area contributed by atoms with Crippen molar-refractivity contribution in [1.29, 1.82) is 0 Å². The number of phosphoric ester groups is 1. The Morgan fingerprint density at radius 2 is 2.00 bits per heavy atom. The zero-order valence-corrected chi connectivity index (χ0v) is 24.5. The fraction of sp³-hybridized carbons (Fsp3) is 0.529. The van der Waals surface area contributed by atoms with E-state index >= 15 is 0 Å². The van der Waals surface area contributed by atoms with Gasteiger partial charge in [0.05, 0.1) is 30.2 Å². The number of anilines is 1. The molecule has 0 saturated carbocycles. The molecule has 0 radical (unpaired) electrons. The highest BCUT2D eigenvalue weighted by Gasteiger charge is 2.40. The lowest BCUT2D eigenvalue weighted by Gasteiger charge is -2.33. The molecule has 0 aliphatic carbocycles. The van der Waals surface area contributed by atoms with Gasteiger partial charge in [0, 0.05) is 12.6 Å². The first-order chi connectivity index (χ1) is 18.1. The first-order valence-electron chi connectivity index (χ1n) is 10.7. The maximum Gasteiger partial charge on any atom is 0.280 e. The Kier molecular flexibility index (Phi) is 11.1. The number of hydrogen-bond donors (Lipinski definition) is 3. The summed E-state index contributed by atoms with van der Waals surface area (Å²) in [7, 11) is -14.8. The Labute approximate surface area is 230 Å². The Morgan fingerprint density at radius 1 is 1.28 bits per heavy atom. The molecule has 3 heterocycles. The maximum atomic E-state index is 12.1. The normalized spacial score (nSPS) is 24.8. The second-order valence-corrected chi connectivity index (χ2v) is 14.7. The van der Waals surface area contributed by atoms with Crippen molar-refractivity contribution in [3.8, 4) is 11.8 Å². The summed E-state index contributed by atoms with van der Waals surface area (Å²) in [5.41, 5.74) is 12.0. The van der Waals surface area contributed by atoms with Crippen LogP contribution in [0.3, 0.4) is 0 Å². The molecule has 17 nitrogen and oxygen atoms in total. The van der Waals surface area contributed by atoms with E-state index < -0.39 is 48.5 Å². The highest BCUT2D eigenvalue weighted by atomic mass is 33.1. The Morgan fingerprint density at radius 3 is 2.64 bits per heavy atom. The molecule has 1 saturated heterocycles. The van der Waals surface area contributed by atoms with Crippen LogP contribution in [0.2, 0.25) is 0 Å². The SMILES string of the molecule is CSS[C@@H](C)O[C@@H]1C[C@H](n2cc(C#CCN)c3c(N)ncnc32)O[C@@H]1COP(=O)([O-])OP(=O)([O-])OP(=O)([O-])O. The molecule has 5 N–H and O–H groups in total. The third-order valence-corrected chi connectivity index (χ3v) is 10.5. The predicted molar refractivity (Wildman–Crippen MR) is 135 cm³/mol. The molecule has 1 fully saturated rings. The molecule has 2 aromatic heterocycles. The zero-order chi connectivity index (χ0) is 29.0. The summed E-state index contributed by atoms with van der Waals surface area (Å²) in [4.78, 5) is 51.0. The van der Waals surface area contributed by atoms with E-state index in [1.165, 1.54) is 27.9 Å². The van der Waals surface area contributed by atoms with Crippen LogP contribution in [-0.4, -0.2) is 56.5 Å². The average Bonchev–Trinajstić information content (AvgIpc) is 3.36. The zero-order valence-electron chi connectivity index (χ0n) is 20.2. The molecule has 0 spiro atoms. The van der Waals surface area contributed by atoms with Gasteiger partial charge in [-0.3, -0.25) is 13.7 Å². The van der Waals surface area contributed by atoms with Gasteiger partial charge in [-0.25, -0.2) is 18.6 Å². The van der Waals surface area contributed by atoms with Crippen molar-refractivity contribution in [2.24, 2.45) is 5.73 Å². The van der Waals surface area contributed by atoms with E-state index in [2.05, 4.69) is 35.0 Å². The predicted octanol–water partition coefficient (Wildman–Crippen LogP) is -0.199. The molecule has 2 aromatic rings. The van der Waals surface area contributed by atoms with Crippen LogP contribution in [0.15, 0.2) is 12.5 Å². The van der Waals surface area contributed by atoms with Gasteiger partial charge in [-0.05, 0) is 13.2 Å². The number of fused-ring (bicyclic) bond motifs is 1. The topological polar surface area (TPSA) is 270 Å². The van der Waals surface area contributed by atoms with Gasteiger partial charge in [0.1, 0.15) is 35.6 Å². The summed E-state index contributed by atoms with van der Waals surface area (Å²) in [5.74, 6) is 5.78. The fourth-order valence-corrected chi connectivity index (χ4v) is 7.89. The first kappa shape index (κ1) is 32.5. The summed E-state index contributed by atoms with van der Waals surface area (Å²) in [6.07, 6.45) is 2.22. The van der Waals surface area contributed by atoms with Gasteiger partial charge >= 0.3 is 0 Å². The molecule has 3 unspecified atom stereocenters. The van der Waals surface area contributed by atoms with Crippen molar-refractivity contribution in [2.45, 2.75) is 37.2 Å². The molecule has 22 heteroatoms. The molecular formula is C17H23N5O12P3S2-3. The lowest BCUT2D eigenvalue weighted by Crippen LogP contribution is -2.31. The van der Waals surface area contributed by atoms with Gasteiger partial charge in [-0.1, -0.05) is 33.4 Å². The molecule has 39 heavy (non-hydrogen) atoms.